The molecule has 2 aromatic carbocycles. The Balaban J connectivity index is 2.03. The average Bonchev–Trinajstić information content (AvgIpc) is 2.47. The van der Waals surface area contributed by atoms with Gasteiger partial charge in [-0.1, -0.05) is 5.75 Å². The Morgan fingerprint density at radius 1 is 1.14 bits per heavy atom. The van der Waals surface area contributed by atoms with Gasteiger partial charge in [0.25, 0.3) is 0 Å². The van der Waals surface area contributed by atoms with Gasteiger partial charge in [0.1, 0.15) is 5.82 Å². The summed E-state index contributed by atoms with van der Waals surface area (Å²) in [5.41, 5.74) is 0.361. The van der Waals surface area contributed by atoms with Crippen molar-refractivity contribution >= 4 is 17.4 Å². The zero-order valence-electron chi connectivity index (χ0n) is 11.2. The number of halogens is 1. The molecular formula is C16H11FNO4-. The lowest BCUT2D eigenvalue weighted by Gasteiger charge is -2.11. The van der Waals surface area contributed by atoms with Crippen LogP contribution in [0, 0.1) is 5.82 Å². The van der Waals surface area contributed by atoms with E-state index in [0.29, 0.717) is 11.3 Å². The molecule has 0 saturated carbocycles. The van der Waals surface area contributed by atoms with E-state index < -0.39 is 17.5 Å². The van der Waals surface area contributed by atoms with E-state index in [-0.39, 0.29) is 11.3 Å². The molecule has 0 heterocycles. The van der Waals surface area contributed by atoms with Gasteiger partial charge in [0.2, 0.25) is 0 Å². The molecule has 112 valence electrons. The second kappa shape index (κ2) is 6.53. The number of rotatable bonds is 5. The second-order valence-corrected chi connectivity index (χ2v) is 4.36. The number of hydrogen-bond acceptors (Lipinski definition) is 4. The lowest BCUT2D eigenvalue weighted by molar-refractivity contribution is -0.268. The van der Waals surface area contributed by atoms with Gasteiger partial charge in [-0.05, 0) is 42.5 Å². The Labute approximate surface area is 125 Å². The maximum atomic E-state index is 12.7. The quantitative estimate of drug-likeness (QED) is 0.653. The predicted octanol–water partition coefficient (Wildman–Crippen LogP) is 2.41. The van der Waals surface area contributed by atoms with Gasteiger partial charge < -0.3 is 15.5 Å². The van der Waals surface area contributed by atoms with Crippen molar-refractivity contribution in [2.24, 2.45) is 0 Å². The maximum absolute atomic E-state index is 12.7. The number of hydrogen-bond donors (Lipinski definition) is 2. The molecule has 2 aromatic rings. The molecule has 0 bridgehead atoms. The minimum atomic E-state index is -1.29. The number of benzene rings is 2. The van der Waals surface area contributed by atoms with Crippen molar-refractivity contribution in [2.45, 2.75) is 0 Å². The smallest absolute Gasteiger partial charge is 0.335 e. The van der Waals surface area contributed by atoms with Gasteiger partial charge in [0.05, 0.1) is 5.56 Å². The zero-order valence-corrected chi connectivity index (χ0v) is 11.2. The van der Waals surface area contributed by atoms with Gasteiger partial charge in [-0.25, -0.2) is 9.18 Å². The van der Waals surface area contributed by atoms with Crippen molar-refractivity contribution in [2.75, 3.05) is 5.32 Å². The molecule has 0 spiro atoms. The molecule has 22 heavy (non-hydrogen) atoms. The van der Waals surface area contributed by atoms with Crippen LogP contribution in [0.2, 0.25) is 0 Å². The molecule has 0 atom stereocenters. The first-order valence-electron chi connectivity index (χ1n) is 6.25. The van der Waals surface area contributed by atoms with E-state index >= 15 is 0 Å². The molecule has 0 unspecified atom stereocenters. The van der Waals surface area contributed by atoms with Crippen LogP contribution in [0.15, 0.2) is 54.7 Å². The average molecular weight is 300 g/mol. The Morgan fingerprint density at radius 3 is 2.41 bits per heavy atom. The fraction of sp³-hybridized carbons (Fsp3) is 0. The van der Waals surface area contributed by atoms with Crippen LogP contribution in [0.3, 0.4) is 0 Å². The monoisotopic (exact) mass is 300 g/mol. The van der Waals surface area contributed by atoms with Crippen LogP contribution in [0.25, 0.3) is 0 Å². The van der Waals surface area contributed by atoms with Crippen LogP contribution in [0.5, 0.6) is 5.75 Å². The van der Waals surface area contributed by atoms with Gasteiger partial charge in [-0.2, -0.15) is 0 Å². The van der Waals surface area contributed by atoms with Crippen LogP contribution in [-0.2, 0) is 0 Å². The third-order valence-electron chi connectivity index (χ3n) is 2.83. The summed E-state index contributed by atoms with van der Waals surface area (Å²) in [7, 11) is 0. The molecule has 0 radical (unpaired) electrons. The number of anilines is 1. The van der Waals surface area contributed by atoms with Crippen molar-refractivity contribution in [1.82, 2.24) is 0 Å². The van der Waals surface area contributed by atoms with Crippen LogP contribution in [0.1, 0.15) is 20.7 Å². The number of nitrogens with one attached hydrogen (secondary N) is 1. The van der Waals surface area contributed by atoms with Gasteiger partial charge in [0, 0.05) is 23.5 Å². The molecular weight excluding hydrogens is 289 g/mol. The minimum Gasteiger partial charge on any atom is -0.872 e. The fourth-order valence-corrected chi connectivity index (χ4v) is 1.71. The Morgan fingerprint density at radius 2 is 1.82 bits per heavy atom. The van der Waals surface area contributed by atoms with E-state index in [4.69, 9.17) is 5.11 Å². The van der Waals surface area contributed by atoms with Crippen LogP contribution in [0.4, 0.5) is 10.1 Å². The van der Waals surface area contributed by atoms with Gasteiger partial charge in [0.15, 0.2) is 5.78 Å². The number of carboxylic acid groups (broad SMARTS) is 1. The maximum Gasteiger partial charge on any atom is 0.335 e. The third-order valence-corrected chi connectivity index (χ3v) is 2.83. The summed E-state index contributed by atoms with van der Waals surface area (Å²) < 4.78 is 12.7. The predicted molar refractivity (Wildman–Crippen MR) is 76.3 cm³/mol. The van der Waals surface area contributed by atoms with E-state index in [0.717, 1.165) is 6.07 Å². The number of carbonyl (C=O) groups excluding carboxylic acids is 1. The minimum absolute atomic E-state index is 0.322. The van der Waals surface area contributed by atoms with E-state index in [2.05, 4.69) is 5.32 Å². The highest BCUT2D eigenvalue weighted by Gasteiger charge is 2.04. The lowest BCUT2D eigenvalue weighted by Crippen LogP contribution is -2.04. The second-order valence-electron chi connectivity index (χ2n) is 4.36. The van der Waals surface area contributed by atoms with Crippen molar-refractivity contribution in [1.29, 1.82) is 0 Å². The summed E-state index contributed by atoms with van der Waals surface area (Å²) in [6.45, 7) is 0. The van der Waals surface area contributed by atoms with Crippen LogP contribution < -0.4 is 10.4 Å². The topological polar surface area (TPSA) is 89.5 Å². The molecule has 0 aliphatic heterocycles. The van der Waals surface area contributed by atoms with E-state index in [1.165, 1.54) is 48.7 Å². The Kier molecular flexibility index (Phi) is 4.53. The number of carboxylic acids is 1. The number of ketones is 1. The largest absolute Gasteiger partial charge is 0.872 e. The van der Waals surface area contributed by atoms with Crippen molar-refractivity contribution in [3.63, 3.8) is 0 Å². The fourth-order valence-electron chi connectivity index (χ4n) is 1.71. The molecule has 5 nitrogen and oxygen atoms in total. The van der Waals surface area contributed by atoms with Gasteiger partial charge in [-0.15, -0.1) is 0 Å². The molecule has 6 heteroatoms. The highest BCUT2D eigenvalue weighted by molar-refractivity contribution is 6.04. The Bertz CT molecular complexity index is 738. The summed E-state index contributed by atoms with van der Waals surface area (Å²) in [6, 6.07) is 8.81. The van der Waals surface area contributed by atoms with Gasteiger partial charge >= 0.3 is 5.97 Å². The molecule has 0 aliphatic carbocycles. The Hall–Kier alpha value is -3.15. The summed E-state index contributed by atoms with van der Waals surface area (Å²) in [5, 5.41) is 22.9. The highest BCUT2D eigenvalue weighted by atomic mass is 19.1. The first-order valence-corrected chi connectivity index (χ1v) is 6.25. The lowest BCUT2D eigenvalue weighted by atomic mass is 10.1. The molecule has 0 amide bonds. The van der Waals surface area contributed by atoms with E-state index in [1.807, 2.05) is 0 Å². The van der Waals surface area contributed by atoms with Crippen LogP contribution in [-0.4, -0.2) is 16.9 Å². The van der Waals surface area contributed by atoms with Gasteiger partial charge in [-0.3, -0.25) is 4.79 Å². The number of carbonyl (C=O) groups is 2. The standard InChI is InChI=1S/C16H12FNO4/c17-11-3-1-10(2-4-11)14(19)7-8-18-12-5-6-13(16(21)22)15(20)9-12/h1-9,18,20H,(H,21,22)/p-1/b8-7+. The van der Waals surface area contributed by atoms with Crippen molar-refractivity contribution < 1.29 is 24.2 Å². The molecule has 0 saturated heterocycles. The van der Waals surface area contributed by atoms with Crippen molar-refractivity contribution in [3.05, 3.63) is 71.7 Å². The van der Waals surface area contributed by atoms with Crippen molar-refractivity contribution in [3.8, 4) is 5.75 Å². The first kappa shape index (κ1) is 15.2. The SMILES string of the molecule is O=C(/C=C/Nc1ccc(C(=O)O)c([O-])c1)c1ccc(F)cc1. The number of allylic oxidation sites excluding steroid dienone is 1. The first-order chi connectivity index (χ1) is 10.5. The summed E-state index contributed by atoms with van der Waals surface area (Å²) >= 11 is 0. The highest BCUT2D eigenvalue weighted by Crippen LogP contribution is 2.19. The molecule has 2 N–H and O–H groups in total. The van der Waals surface area contributed by atoms with E-state index in [1.54, 1.807) is 0 Å². The molecule has 0 aliphatic rings. The molecule has 2 rings (SSSR count). The summed E-state index contributed by atoms with van der Waals surface area (Å²) in [6.07, 6.45) is 2.55. The molecule has 0 aromatic heterocycles. The zero-order chi connectivity index (χ0) is 16.1. The van der Waals surface area contributed by atoms with Crippen LogP contribution >= 0.6 is 0 Å². The third kappa shape index (κ3) is 3.69. The normalized spacial score (nSPS) is 10.6. The molecule has 0 fully saturated rings. The van der Waals surface area contributed by atoms with E-state index in [9.17, 15) is 19.1 Å². The summed E-state index contributed by atoms with van der Waals surface area (Å²) in [5.74, 6) is -2.69. The summed E-state index contributed by atoms with van der Waals surface area (Å²) in [4.78, 5) is 22.5. The number of aromatic carboxylic acids is 1.